The SMILES string of the molecule is O=C(NC1CCCC1)N1[C@@H]2CC[C@H]1Cc1nn(Cc3ccccc3)c(=O)n1C2. The number of urea groups is 1. The van der Waals surface area contributed by atoms with Gasteiger partial charge in [0, 0.05) is 25.0 Å². The highest BCUT2D eigenvalue weighted by atomic mass is 16.2. The minimum absolute atomic E-state index is 0.0507. The predicted molar refractivity (Wildman–Crippen MR) is 105 cm³/mol. The summed E-state index contributed by atoms with van der Waals surface area (Å²) >= 11 is 0. The monoisotopic (exact) mass is 381 g/mol. The number of fused-ring (bicyclic) bond motifs is 3. The zero-order valence-electron chi connectivity index (χ0n) is 16.1. The third-order valence-electron chi connectivity index (χ3n) is 6.52. The van der Waals surface area contributed by atoms with Crippen molar-refractivity contribution in [2.45, 2.75) is 76.2 Å². The summed E-state index contributed by atoms with van der Waals surface area (Å²) in [5.74, 6) is 0.812. The largest absolute Gasteiger partial charge is 0.346 e. The van der Waals surface area contributed by atoms with Crippen molar-refractivity contribution < 1.29 is 4.79 Å². The molecule has 5 rings (SSSR count). The number of amides is 2. The smallest absolute Gasteiger partial charge is 0.335 e. The Morgan fingerprint density at radius 1 is 1.07 bits per heavy atom. The maximum absolute atomic E-state index is 12.9. The number of nitrogens with one attached hydrogen (secondary N) is 1. The first-order valence-electron chi connectivity index (χ1n) is 10.5. The molecule has 1 N–H and O–H groups in total. The van der Waals surface area contributed by atoms with Gasteiger partial charge in [-0.05, 0) is 31.2 Å². The highest BCUT2D eigenvalue weighted by molar-refractivity contribution is 5.75. The van der Waals surface area contributed by atoms with Gasteiger partial charge in [0.25, 0.3) is 0 Å². The van der Waals surface area contributed by atoms with E-state index in [4.69, 9.17) is 0 Å². The van der Waals surface area contributed by atoms with Crippen molar-refractivity contribution in [2.75, 3.05) is 0 Å². The van der Waals surface area contributed by atoms with Crippen LogP contribution in [0.25, 0.3) is 0 Å². The zero-order valence-corrected chi connectivity index (χ0v) is 16.1. The van der Waals surface area contributed by atoms with E-state index in [9.17, 15) is 9.59 Å². The summed E-state index contributed by atoms with van der Waals surface area (Å²) in [6, 6.07) is 10.5. The predicted octanol–water partition coefficient (Wildman–Crippen LogP) is 2.13. The van der Waals surface area contributed by atoms with Crippen LogP contribution in [0.4, 0.5) is 4.79 Å². The Morgan fingerprint density at radius 3 is 2.61 bits per heavy atom. The van der Waals surface area contributed by atoms with Gasteiger partial charge in [-0.25, -0.2) is 14.3 Å². The topological polar surface area (TPSA) is 72.2 Å². The molecule has 1 aromatic heterocycles. The second-order valence-electron chi connectivity index (χ2n) is 8.38. The molecule has 2 amide bonds. The van der Waals surface area contributed by atoms with Crippen molar-refractivity contribution in [1.29, 1.82) is 0 Å². The van der Waals surface area contributed by atoms with Crippen molar-refractivity contribution >= 4 is 6.03 Å². The van der Waals surface area contributed by atoms with Crippen LogP contribution in [-0.2, 0) is 19.5 Å². The Labute approximate surface area is 164 Å². The highest BCUT2D eigenvalue weighted by Crippen LogP contribution is 2.31. The Hall–Kier alpha value is -2.57. The molecule has 2 aliphatic heterocycles. The summed E-state index contributed by atoms with van der Waals surface area (Å²) in [7, 11) is 0. The maximum atomic E-state index is 12.9. The second kappa shape index (κ2) is 7.11. The first-order valence-corrected chi connectivity index (χ1v) is 10.5. The summed E-state index contributed by atoms with van der Waals surface area (Å²) in [4.78, 5) is 27.9. The number of hydrogen-bond donors (Lipinski definition) is 1. The van der Waals surface area contributed by atoms with Gasteiger partial charge in [0.1, 0.15) is 5.82 Å². The lowest BCUT2D eigenvalue weighted by Crippen LogP contribution is -2.50. The van der Waals surface area contributed by atoms with Gasteiger partial charge in [-0.2, -0.15) is 5.10 Å². The summed E-state index contributed by atoms with van der Waals surface area (Å²) in [6.07, 6.45) is 7.18. The van der Waals surface area contributed by atoms with E-state index in [2.05, 4.69) is 10.4 Å². The molecule has 0 spiro atoms. The average Bonchev–Trinajstić information content (AvgIpc) is 3.37. The van der Waals surface area contributed by atoms with Crippen LogP contribution in [0.3, 0.4) is 0 Å². The van der Waals surface area contributed by atoms with Crippen LogP contribution >= 0.6 is 0 Å². The standard InChI is InChI=1S/C21H27N5O2/c27-20(22-16-8-4-5-9-16)26-17-10-11-18(26)14-24-19(12-17)23-25(21(24)28)13-15-6-2-1-3-7-15/h1-3,6-7,16-18H,4-5,8-14H2,(H,22,27)/t17-,18+/m0/s1. The molecule has 7 heteroatoms. The lowest BCUT2D eigenvalue weighted by atomic mass is 10.1. The normalized spacial score (nSPS) is 24.2. The molecule has 2 aromatic rings. The fourth-order valence-corrected chi connectivity index (χ4v) is 5.09. The Bertz CT molecular complexity index is 913. The number of nitrogens with zero attached hydrogens (tertiary/aromatic N) is 4. The lowest BCUT2D eigenvalue weighted by molar-refractivity contribution is 0.167. The highest BCUT2D eigenvalue weighted by Gasteiger charge is 2.41. The fourth-order valence-electron chi connectivity index (χ4n) is 5.09. The fraction of sp³-hybridized carbons (Fsp3) is 0.571. The number of carbonyl (C=O) groups excluding carboxylic acids is 1. The summed E-state index contributed by atoms with van der Waals surface area (Å²) < 4.78 is 3.36. The van der Waals surface area contributed by atoms with Crippen molar-refractivity contribution in [2.24, 2.45) is 0 Å². The zero-order chi connectivity index (χ0) is 19.1. The molecule has 1 saturated heterocycles. The molecule has 3 aliphatic rings. The molecule has 0 radical (unpaired) electrons. The molecule has 0 unspecified atom stereocenters. The summed E-state index contributed by atoms with van der Waals surface area (Å²) in [6.45, 7) is 1.04. The van der Waals surface area contributed by atoms with Gasteiger partial charge >= 0.3 is 11.7 Å². The number of carbonyl (C=O) groups is 1. The molecule has 1 aromatic carbocycles. The van der Waals surface area contributed by atoms with Crippen LogP contribution in [-0.4, -0.2) is 43.4 Å². The molecule has 28 heavy (non-hydrogen) atoms. The van der Waals surface area contributed by atoms with E-state index >= 15 is 0 Å². The summed E-state index contributed by atoms with van der Waals surface area (Å²) in [5.41, 5.74) is 1.00. The van der Waals surface area contributed by atoms with E-state index in [1.54, 1.807) is 9.25 Å². The third-order valence-corrected chi connectivity index (χ3v) is 6.52. The van der Waals surface area contributed by atoms with Gasteiger partial charge in [0.15, 0.2) is 0 Å². The first kappa shape index (κ1) is 17.5. The van der Waals surface area contributed by atoms with Crippen LogP contribution in [0.2, 0.25) is 0 Å². The molecule has 2 bridgehead atoms. The Kier molecular flexibility index (Phi) is 4.45. The Morgan fingerprint density at radius 2 is 1.82 bits per heavy atom. The minimum Gasteiger partial charge on any atom is -0.335 e. The van der Waals surface area contributed by atoms with Crippen molar-refractivity contribution in [1.82, 2.24) is 24.6 Å². The molecular weight excluding hydrogens is 354 g/mol. The van der Waals surface area contributed by atoms with E-state index in [0.717, 1.165) is 37.1 Å². The van der Waals surface area contributed by atoms with Crippen LogP contribution < -0.4 is 11.0 Å². The maximum Gasteiger partial charge on any atom is 0.346 e. The van der Waals surface area contributed by atoms with E-state index in [1.807, 2.05) is 35.2 Å². The molecule has 1 saturated carbocycles. The van der Waals surface area contributed by atoms with E-state index in [-0.39, 0.29) is 23.8 Å². The van der Waals surface area contributed by atoms with Crippen LogP contribution in [0, 0.1) is 0 Å². The van der Waals surface area contributed by atoms with Crippen LogP contribution in [0.1, 0.15) is 49.9 Å². The van der Waals surface area contributed by atoms with Gasteiger partial charge in [-0.1, -0.05) is 43.2 Å². The van der Waals surface area contributed by atoms with Gasteiger partial charge in [0.2, 0.25) is 0 Å². The van der Waals surface area contributed by atoms with E-state index < -0.39 is 0 Å². The van der Waals surface area contributed by atoms with Crippen molar-refractivity contribution in [3.8, 4) is 0 Å². The van der Waals surface area contributed by atoms with Crippen molar-refractivity contribution in [3.63, 3.8) is 0 Å². The Balaban J connectivity index is 1.36. The van der Waals surface area contributed by atoms with Crippen LogP contribution in [0.5, 0.6) is 0 Å². The number of aromatic nitrogens is 3. The van der Waals surface area contributed by atoms with Crippen molar-refractivity contribution in [3.05, 3.63) is 52.2 Å². The second-order valence-corrected chi connectivity index (χ2v) is 8.38. The van der Waals surface area contributed by atoms with E-state index in [1.165, 1.54) is 12.8 Å². The molecular formula is C21H27N5O2. The molecule has 2 atom stereocenters. The van der Waals surface area contributed by atoms with Gasteiger partial charge in [0.05, 0.1) is 12.6 Å². The van der Waals surface area contributed by atoms with Gasteiger partial charge in [-0.15, -0.1) is 0 Å². The third kappa shape index (κ3) is 3.12. The van der Waals surface area contributed by atoms with Gasteiger partial charge < -0.3 is 10.2 Å². The van der Waals surface area contributed by atoms with E-state index in [0.29, 0.717) is 25.6 Å². The molecule has 2 fully saturated rings. The molecule has 7 nitrogen and oxygen atoms in total. The number of hydrogen-bond acceptors (Lipinski definition) is 3. The summed E-state index contributed by atoms with van der Waals surface area (Å²) in [5, 5.41) is 7.86. The van der Waals surface area contributed by atoms with Gasteiger partial charge in [-0.3, -0.25) is 4.57 Å². The molecule has 148 valence electrons. The minimum atomic E-state index is -0.0671. The average molecular weight is 381 g/mol. The molecule has 1 aliphatic carbocycles. The number of benzene rings is 1. The first-order chi connectivity index (χ1) is 13.7. The van der Waals surface area contributed by atoms with Crippen LogP contribution in [0.15, 0.2) is 35.1 Å². The quantitative estimate of drug-likeness (QED) is 0.885. The molecule has 3 heterocycles. The number of rotatable bonds is 3. The lowest BCUT2D eigenvalue weighted by Gasteiger charge is -2.29.